The Hall–Kier alpha value is -2.40. The minimum absolute atomic E-state index is 0.137. The van der Waals surface area contributed by atoms with Gasteiger partial charge in [0.05, 0.1) is 4.92 Å². The lowest BCUT2D eigenvalue weighted by molar-refractivity contribution is -0.385. The lowest BCUT2D eigenvalue weighted by Crippen LogP contribution is -2.02. The molecule has 0 spiro atoms. The maximum atomic E-state index is 10.8. The second kappa shape index (κ2) is 11.3. The smallest absolute Gasteiger partial charge is 0.272 e. The molecule has 0 aliphatic heterocycles. The quantitative estimate of drug-likeness (QED) is 0.335. The molecule has 0 fully saturated rings. The highest BCUT2D eigenvalue weighted by Crippen LogP contribution is 2.25. The molecular formula is C22H20BrNO3. The number of benzene rings is 2. The van der Waals surface area contributed by atoms with Gasteiger partial charge in [-0.25, -0.2) is 0 Å². The topological polar surface area (TPSA) is 52.4 Å². The molecule has 0 bridgehead atoms. The first kappa shape index (κ1) is 20.9. The Morgan fingerprint density at radius 2 is 1.93 bits per heavy atom. The normalized spacial score (nSPS) is 12.6. The standard InChI is InChI=1S/C15H13NO3.C7H7Br/c1-2-13-10-14(8-9-15(13)16(17)18)19-11-12-6-4-3-5-7-12;8-6-7-4-2-1-3-5-7/h4,6-10H,2,11H2,1H3;1-5H,6H2. The maximum absolute atomic E-state index is 10.8. The zero-order valence-electron chi connectivity index (χ0n) is 15.0. The zero-order valence-corrected chi connectivity index (χ0v) is 16.6. The maximum Gasteiger partial charge on any atom is 0.272 e. The van der Waals surface area contributed by atoms with Crippen LogP contribution < -0.4 is 4.74 Å². The van der Waals surface area contributed by atoms with Crippen LogP contribution in [-0.2, 0) is 11.8 Å². The molecule has 4 nitrogen and oxygen atoms in total. The van der Waals surface area contributed by atoms with Gasteiger partial charge in [0.15, 0.2) is 0 Å². The van der Waals surface area contributed by atoms with Crippen molar-refractivity contribution in [2.24, 2.45) is 0 Å². The van der Waals surface area contributed by atoms with Crippen molar-refractivity contribution in [3.63, 3.8) is 0 Å². The number of alkyl halides is 1. The second-order valence-corrected chi connectivity index (χ2v) is 6.21. The van der Waals surface area contributed by atoms with Crippen LogP contribution in [-0.4, -0.2) is 11.5 Å². The van der Waals surface area contributed by atoms with E-state index in [-0.39, 0.29) is 10.6 Å². The Bertz CT molecular complexity index is 800. The summed E-state index contributed by atoms with van der Waals surface area (Å²) < 4.78 is 5.61. The van der Waals surface area contributed by atoms with Gasteiger partial charge in [0.25, 0.3) is 5.69 Å². The second-order valence-electron chi connectivity index (χ2n) is 5.65. The molecule has 0 unspecified atom stereocenters. The van der Waals surface area contributed by atoms with Gasteiger partial charge in [-0.05, 0) is 29.7 Å². The summed E-state index contributed by atoms with van der Waals surface area (Å²) in [6, 6.07) is 15.1. The van der Waals surface area contributed by atoms with Crippen molar-refractivity contribution >= 4 is 21.6 Å². The average Bonchev–Trinajstić information content (AvgIpc) is 2.73. The van der Waals surface area contributed by atoms with Crippen molar-refractivity contribution in [3.05, 3.63) is 106 Å². The number of allylic oxidation sites excluding steroid dienone is 2. The molecule has 5 heteroatoms. The van der Waals surface area contributed by atoms with E-state index in [1.807, 2.05) is 31.2 Å². The minimum atomic E-state index is -0.370. The average molecular weight is 426 g/mol. The summed E-state index contributed by atoms with van der Waals surface area (Å²) in [4.78, 5) is 10.5. The molecule has 1 aliphatic rings. The number of ether oxygens (including phenoxy) is 1. The number of rotatable bonds is 6. The summed E-state index contributed by atoms with van der Waals surface area (Å²) >= 11 is 3.36. The number of nitro groups is 1. The molecule has 0 N–H and O–H groups in total. The number of nitro benzene ring substituents is 1. The van der Waals surface area contributed by atoms with Gasteiger partial charge in [-0.15, -0.1) is 0 Å². The Morgan fingerprint density at radius 3 is 2.48 bits per heavy atom. The first-order chi connectivity index (χ1) is 13.1. The third kappa shape index (κ3) is 7.02. The van der Waals surface area contributed by atoms with Crippen LogP contribution in [0.1, 0.15) is 18.1 Å². The minimum Gasteiger partial charge on any atom is -0.489 e. The summed E-state index contributed by atoms with van der Waals surface area (Å²) in [6.07, 6.45) is 11.7. The van der Waals surface area contributed by atoms with Crippen molar-refractivity contribution < 1.29 is 9.66 Å². The highest BCUT2D eigenvalue weighted by atomic mass is 79.9. The van der Waals surface area contributed by atoms with Crippen LogP contribution >= 0.6 is 15.9 Å². The Morgan fingerprint density at radius 1 is 1.15 bits per heavy atom. The monoisotopic (exact) mass is 425 g/mol. The van der Waals surface area contributed by atoms with Crippen LogP contribution in [0.15, 0.2) is 72.3 Å². The van der Waals surface area contributed by atoms with Gasteiger partial charge < -0.3 is 4.74 Å². The molecule has 3 rings (SSSR count). The van der Waals surface area contributed by atoms with E-state index in [2.05, 4.69) is 40.9 Å². The molecule has 0 saturated carbocycles. The molecule has 138 valence electrons. The molecular weight excluding hydrogens is 406 g/mol. The molecule has 2 aromatic carbocycles. The highest BCUT2D eigenvalue weighted by molar-refractivity contribution is 9.08. The summed E-state index contributed by atoms with van der Waals surface area (Å²) in [7, 11) is 0. The molecule has 0 heterocycles. The van der Waals surface area contributed by atoms with Crippen molar-refractivity contribution in [2.45, 2.75) is 18.7 Å². The van der Waals surface area contributed by atoms with E-state index in [0.717, 1.165) is 10.9 Å². The Kier molecular flexibility index (Phi) is 8.78. The first-order valence-electron chi connectivity index (χ1n) is 8.50. The zero-order chi connectivity index (χ0) is 19.5. The summed E-state index contributed by atoms with van der Waals surface area (Å²) in [5.74, 6) is 0.635. The van der Waals surface area contributed by atoms with Gasteiger partial charge in [-0.2, -0.15) is 0 Å². The predicted molar refractivity (Wildman–Crippen MR) is 111 cm³/mol. The number of nitrogens with zero attached hydrogens (tertiary/aromatic N) is 1. The predicted octanol–water partition coefficient (Wildman–Crippen LogP) is 5.78. The van der Waals surface area contributed by atoms with Gasteiger partial charge in [0.2, 0.25) is 0 Å². The van der Waals surface area contributed by atoms with E-state index >= 15 is 0 Å². The summed E-state index contributed by atoms with van der Waals surface area (Å²) in [5.41, 5.74) is 3.12. The highest BCUT2D eigenvalue weighted by Gasteiger charge is 2.13. The Labute approximate surface area is 168 Å². The molecule has 0 aromatic heterocycles. The summed E-state index contributed by atoms with van der Waals surface area (Å²) in [5, 5.41) is 11.8. The molecule has 4 radical (unpaired) electrons. The number of hydrogen-bond acceptors (Lipinski definition) is 3. The number of aryl methyl sites for hydroxylation is 1. The van der Waals surface area contributed by atoms with Crippen LogP contribution in [0.2, 0.25) is 0 Å². The molecule has 0 amide bonds. The van der Waals surface area contributed by atoms with Crippen LogP contribution in [0.25, 0.3) is 0 Å². The largest absolute Gasteiger partial charge is 0.489 e. The third-order valence-corrected chi connectivity index (χ3v) is 4.40. The van der Waals surface area contributed by atoms with E-state index < -0.39 is 0 Å². The molecule has 27 heavy (non-hydrogen) atoms. The third-order valence-electron chi connectivity index (χ3n) is 3.75. The van der Waals surface area contributed by atoms with Gasteiger partial charge in [-0.1, -0.05) is 71.4 Å². The fourth-order valence-corrected chi connectivity index (χ4v) is 2.69. The lowest BCUT2D eigenvalue weighted by atomic mass is 10.1. The van der Waals surface area contributed by atoms with E-state index in [1.54, 1.807) is 24.3 Å². The van der Waals surface area contributed by atoms with Crippen molar-refractivity contribution in [1.82, 2.24) is 0 Å². The van der Waals surface area contributed by atoms with Gasteiger partial charge >= 0.3 is 0 Å². The molecule has 0 atom stereocenters. The van der Waals surface area contributed by atoms with Crippen molar-refractivity contribution in [1.29, 1.82) is 0 Å². The van der Waals surface area contributed by atoms with Crippen LogP contribution in [0.4, 0.5) is 5.69 Å². The number of halogens is 1. The number of hydrogen-bond donors (Lipinski definition) is 0. The SMILES string of the molecule is BrCc1ccccc1.CCc1cc(OCC2=C[C][C]C=C2)ccc1[N+](=O)[O-]. The van der Waals surface area contributed by atoms with Gasteiger partial charge in [0, 0.05) is 29.8 Å². The van der Waals surface area contributed by atoms with Crippen LogP contribution in [0.3, 0.4) is 0 Å². The van der Waals surface area contributed by atoms with E-state index in [4.69, 9.17) is 4.74 Å². The molecule has 1 aliphatic carbocycles. The lowest BCUT2D eigenvalue weighted by Gasteiger charge is -2.10. The van der Waals surface area contributed by atoms with E-state index in [1.165, 1.54) is 11.6 Å². The van der Waals surface area contributed by atoms with E-state index in [0.29, 0.717) is 24.3 Å². The fourth-order valence-electron chi connectivity index (χ4n) is 2.32. The molecule has 0 saturated heterocycles. The van der Waals surface area contributed by atoms with Gasteiger partial charge in [-0.3, -0.25) is 10.1 Å². The summed E-state index contributed by atoms with van der Waals surface area (Å²) in [6.45, 7) is 2.29. The van der Waals surface area contributed by atoms with Crippen molar-refractivity contribution in [3.8, 4) is 5.75 Å². The Balaban J connectivity index is 0.000000273. The molecule has 2 aromatic rings. The first-order valence-corrected chi connectivity index (χ1v) is 9.62. The van der Waals surface area contributed by atoms with Gasteiger partial charge in [0.1, 0.15) is 12.4 Å². The van der Waals surface area contributed by atoms with E-state index in [9.17, 15) is 10.1 Å². The van der Waals surface area contributed by atoms with Crippen molar-refractivity contribution in [2.75, 3.05) is 6.61 Å². The fraction of sp³-hybridized carbons (Fsp3) is 0.182. The van der Waals surface area contributed by atoms with Crippen LogP contribution in [0, 0.1) is 23.0 Å². The van der Waals surface area contributed by atoms with Crippen LogP contribution in [0.5, 0.6) is 5.75 Å².